The Kier molecular flexibility index (Phi) is 11.9. The monoisotopic (exact) mass is 370 g/mol. The van der Waals surface area contributed by atoms with Gasteiger partial charge in [0.15, 0.2) is 0 Å². The summed E-state index contributed by atoms with van der Waals surface area (Å²) in [5.74, 6) is -0.656. The molecule has 4 nitrogen and oxygen atoms in total. The molecule has 0 amide bonds. The van der Waals surface area contributed by atoms with E-state index in [0.717, 1.165) is 16.7 Å². The Bertz CT molecular complexity index is 738. The minimum Gasteiger partial charge on any atom is -0.466 e. The number of carbonyl (C=O) groups excluding carboxylic acids is 2. The zero-order valence-electron chi connectivity index (χ0n) is 17.3. The van der Waals surface area contributed by atoms with Crippen LogP contribution < -0.4 is 0 Å². The molecule has 0 aliphatic carbocycles. The molecule has 0 unspecified atom stereocenters. The van der Waals surface area contributed by atoms with Gasteiger partial charge in [0.05, 0.1) is 14.2 Å². The van der Waals surface area contributed by atoms with Crippen molar-refractivity contribution in [2.75, 3.05) is 14.2 Å². The van der Waals surface area contributed by atoms with Crippen molar-refractivity contribution in [3.8, 4) is 0 Å². The number of allylic oxidation sites excluding steroid dienone is 12. The topological polar surface area (TPSA) is 52.6 Å². The lowest BCUT2D eigenvalue weighted by Gasteiger charge is -1.99. The van der Waals surface area contributed by atoms with Crippen molar-refractivity contribution >= 4 is 11.9 Å². The summed E-state index contributed by atoms with van der Waals surface area (Å²) in [4.78, 5) is 22.6. The van der Waals surface area contributed by atoms with E-state index in [9.17, 15) is 9.59 Å². The Morgan fingerprint density at radius 3 is 1.67 bits per heavy atom. The van der Waals surface area contributed by atoms with Gasteiger partial charge in [-0.2, -0.15) is 0 Å². The van der Waals surface area contributed by atoms with Gasteiger partial charge in [-0.05, 0) is 40.7 Å². The van der Waals surface area contributed by atoms with Crippen LogP contribution >= 0.6 is 0 Å². The van der Waals surface area contributed by atoms with E-state index in [1.54, 1.807) is 26.0 Å². The third kappa shape index (κ3) is 11.4. The van der Waals surface area contributed by atoms with Crippen molar-refractivity contribution in [3.05, 3.63) is 82.5 Å². The average molecular weight is 370 g/mol. The first-order valence-electron chi connectivity index (χ1n) is 8.61. The second kappa shape index (κ2) is 13.3. The van der Waals surface area contributed by atoms with Crippen molar-refractivity contribution in [1.29, 1.82) is 0 Å². The lowest BCUT2D eigenvalue weighted by Crippen LogP contribution is -2.01. The van der Waals surface area contributed by atoms with Gasteiger partial charge in [0, 0.05) is 11.1 Å². The maximum absolute atomic E-state index is 11.4. The molecular formula is C23H30O4. The molecule has 0 spiro atoms. The maximum Gasteiger partial charge on any atom is 0.333 e. The fraction of sp³-hybridized carbons (Fsp3) is 0.304. The van der Waals surface area contributed by atoms with E-state index >= 15 is 0 Å². The van der Waals surface area contributed by atoms with Gasteiger partial charge in [0.1, 0.15) is 0 Å². The summed E-state index contributed by atoms with van der Waals surface area (Å²) in [5, 5.41) is 0. The van der Waals surface area contributed by atoms with E-state index in [2.05, 4.69) is 9.47 Å². The maximum atomic E-state index is 11.4. The largest absolute Gasteiger partial charge is 0.466 e. The predicted octanol–water partition coefficient (Wildman–Crippen LogP) is 5.18. The summed E-state index contributed by atoms with van der Waals surface area (Å²) in [7, 11) is 2.73. The number of esters is 2. The van der Waals surface area contributed by atoms with Gasteiger partial charge in [-0.15, -0.1) is 0 Å². The summed E-state index contributed by atoms with van der Waals surface area (Å²) in [6, 6.07) is 0. The summed E-state index contributed by atoms with van der Waals surface area (Å²) >= 11 is 0. The first-order valence-corrected chi connectivity index (χ1v) is 8.61. The Morgan fingerprint density at radius 2 is 1.11 bits per heavy atom. The highest BCUT2D eigenvalue weighted by Crippen LogP contribution is 2.08. The van der Waals surface area contributed by atoms with Crippen LogP contribution in [-0.4, -0.2) is 26.2 Å². The summed E-state index contributed by atoms with van der Waals surface area (Å²) in [6.07, 6.45) is 17.1. The van der Waals surface area contributed by atoms with Crippen molar-refractivity contribution < 1.29 is 19.1 Å². The van der Waals surface area contributed by atoms with Gasteiger partial charge in [0.2, 0.25) is 0 Å². The molecule has 0 aromatic rings. The fourth-order valence-corrected chi connectivity index (χ4v) is 2.05. The van der Waals surface area contributed by atoms with E-state index in [-0.39, 0.29) is 11.9 Å². The van der Waals surface area contributed by atoms with E-state index in [1.807, 2.05) is 63.3 Å². The zero-order valence-corrected chi connectivity index (χ0v) is 17.3. The van der Waals surface area contributed by atoms with Crippen LogP contribution in [0.2, 0.25) is 0 Å². The number of rotatable bonds is 8. The van der Waals surface area contributed by atoms with Crippen molar-refractivity contribution in [1.82, 2.24) is 0 Å². The van der Waals surface area contributed by atoms with Gasteiger partial charge in [-0.3, -0.25) is 0 Å². The first kappa shape index (κ1) is 24.1. The quantitative estimate of drug-likeness (QED) is 0.336. The number of methoxy groups -OCH3 is 2. The fourth-order valence-electron chi connectivity index (χ4n) is 2.05. The van der Waals surface area contributed by atoms with E-state index in [0.29, 0.717) is 11.1 Å². The van der Waals surface area contributed by atoms with Gasteiger partial charge in [0.25, 0.3) is 0 Å². The van der Waals surface area contributed by atoms with Crippen molar-refractivity contribution in [2.24, 2.45) is 0 Å². The first-order chi connectivity index (χ1) is 12.7. The highest BCUT2D eigenvalue weighted by atomic mass is 16.5. The Morgan fingerprint density at radius 1 is 0.593 bits per heavy atom. The molecule has 0 saturated heterocycles. The Labute approximate surface area is 162 Å². The van der Waals surface area contributed by atoms with Gasteiger partial charge in [-0.25, -0.2) is 9.59 Å². The number of carbonyl (C=O) groups is 2. The second-order valence-electron chi connectivity index (χ2n) is 6.11. The molecule has 0 aromatic carbocycles. The number of hydrogen-bond acceptors (Lipinski definition) is 4. The smallest absolute Gasteiger partial charge is 0.333 e. The predicted molar refractivity (Wildman–Crippen MR) is 111 cm³/mol. The summed E-state index contributed by atoms with van der Waals surface area (Å²) in [6.45, 7) is 9.34. The molecule has 27 heavy (non-hydrogen) atoms. The molecule has 146 valence electrons. The average Bonchev–Trinajstić information content (AvgIpc) is 2.63. The molecule has 0 atom stereocenters. The van der Waals surface area contributed by atoms with E-state index < -0.39 is 0 Å². The molecule has 0 aromatic heterocycles. The molecule has 0 radical (unpaired) electrons. The summed E-state index contributed by atoms with van der Waals surface area (Å²) in [5.41, 5.74) is 4.21. The number of hydrogen-bond donors (Lipinski definition) is 0. The third-order valence-corrected chi connectivity index (χ3v) is 3.45. The highest BCUT2D eigenvalue weighted by molar-refractivity contribution is 5.88. The molecule has 0 bridgehead atoms. The highest BCUT2D eigenvalue weighted by Gasteiger charge is 2.02. The molecule has 4 heteroatoms. The third-order valence-electron chi connectivity index (χ3n) is 3.45. The van der Waals surface area contributed by atoms with Crippen molar-refractivity contribution in [2.45, 2.75) is 34.6 Å². The van der Waals surface area contributed by atoms with Crippen LogP contribution in [-0.2, 0) is 19.1 Å². The normalized spacial score (nSPS) is 14.9. The zero-order chi connectivity index (χ0) is 20.8. The van der Waals surface area contributed by atoms with Crippen LogP contribution in [0.25, 0.3) is 0 Å². The van der Waals surface area contributed by atoms with Crippen LogP contribution in [0.3, 0.4) is 0 Å². The molecule has 0 aliphatic rings. The van der Waals surface area contributed by atoms with Gasteiger partial charge in [-0.1, -0.05) is 65.3 Å². The van der Waals surface area contributed by atoms with Crippen LogP contribution in [0.4, 0.5) is 0 Å². The molecular weight excluding hydrogens is 340 g/mol. The number of ether oxygens (including phenoxy) is 2. The Balaban J connectivity index is 4.86. The van der Waals surface area contributed by atoms with Gasteiger partial charge < -0.3 is 9.47 Å². The summed E-state index contributed by atoms with van der Waals surface area (Å²) < 4.78 is 9.31. The molecule has 0 saturated carbocycles. The lowest BCUT2D eigenvalue weighted by molar-refractivity contribution is -0.136. The Hall–Kier alpha value is -2.88. The van der Waals surface area contributed by atoms with E-state index in [1.165, 1.54) is 14.2 Å². The van der Waals surface area contributed by atoms with Crippen LogP contribution in [0.15, 0.2) is 82.5 Å². The molecule has 0 aliphatic heterocycles. The van der Waals surface area contributed by atoms with Gasteiger partial charge >= 0.3 is 11.9 Å². The van der Waals surface area contributed by atoms with E-state index in [4.69, 9.17) is 0 Å². The molecule has 0 rings (SSSR count). The molecule has 0 heterocycles. The van der Waals surface area contributed by atoms with Crippen LogP contribution in [0.1, 0.15) is 34.6 Å². The minimum atomic E-state index is -0.332. The minimum absolute atomic E-state index is 0.324. The lowest BCUT2D eigenvalue weighted by atomic mass is 10.1. The van der Waals surface area contributed by atoms with Crippen molar-refractivity contribution in [3.63, 3.8) is 0 Å². The SMILES string of the molecule is COC(=O)/C(C)=C/C=C/C(C)=C/C=C/C=C(C)/C=C(C)/C=C(\C)C(=O)OC. The van der Waals surface area contributed by atoms with Crippen LogP contribution in [0, 0.1) is 0 Å². The molecule has 0 fully saturated rings. The molecule has 0 N–H and O–H groups in total. The second-order valence-corrected chi connectivity index (χ2v) is 6.11. The standard InChI is InChI=1S/C23H30O4/c1-17(13-10-14-20(4)22(24)26-6)11-8-9-12-18(2)15-19(3)16-21(5)23(25)27-7/h8-16H,1-7H3/b9-8+,13-10+,17-11+,18-12+,19-15+,20-14+,21-16+. The van der Waals surface area contributed by atoms with Crippen LogP contribution in [0.5, 0.6) is 0 Å².